The zero-order valence-corrected chi connectivity index (χ0v) is 16.3. The predicted molar refractivity (Wildman–Crippen MR) is 105 cm³/mol. The molecule has 1 aliphatic carbocycles. The lowest BCUT2D eigenvalue weighted by Gasteiger charge is -2.10. The van der Waals surface area contributed by atoms with Crippen molar-refractivity contribution >= 4 is 22.8 Å². The summed E-state index contributed by atoms with van der Waals surface area (Å²) < 4.78 is 9.57. The van der Waals surface area contributed by atoms with Crippen molar-refractivity contribution in [1.29, 1.82) is 0 Å². The molecule has 1 atom stereocenters. The van der Waals surface area contributed by atoms with E-state index in [1.807, 2.05) is 18.2 Å². The van der Waals surface area contributed by atoms with Crippen molar-refractivity contribution in [2.24, 2.45) is 7.05 Å². The number of benzene rings is 1. The molecule has 1 aliphatic rings. The van der Waals surface area contributed by atoms with Crippen LogP contribution in [0.1, 0.15) is 29.4 Å². The van der Waals surface area contributed by atoms with Gasteiger partial charge in [-0.2, -0.15) is 4.68 Å². The molecule has 1 aromatic carbocycles. The number of fused-ring (bicyclic) bond motifs is 2. The average Bonchev–Trinajstić information content (AvgIpc) is 3.36. The molecule has 0 amide bonds. The molecule has 5 rings (SSSR count). The van der Waals surface area contributed by atoms with Crippen LogP contribution in [0.15, 0.2) is 44.9 Å². The van der Waals surface area contributed by atoms with Crippen molar-refractivity contribution in [2.45, 2.75) is 31.8 Å². The maximum Gasteiger partial charge on any atom is 0.437 e. The molecule has 0 fully saturated rings. The fourth-order valence-electron chi connectivity index (χ4n) is 3.93. The van der Waals surface area contributed by atoms with Gasteiger partial charge in [0.15, 0.2) is 11.2 Å². The van der Waals surface area contributed by atoms with E-state index in [9.17, 15) is 9.59 Å². The summed E-state index contributed by atoms with van der Waals surface area (Å²) in [5.41, 5.74) is 2.89. The monoisotopic (exact) mass is 412 g/mol. The van der Waals surface area contributed by atoms with Gasteiger partial charge in [-0.05, 0) is 36.1 Å². The predicted octanol–water partition coefficient (Wildman–Crippen LogP) is 1.71. The maximum absolute atomic E-state index is 12.6. The molecule has 29 heavy (non-hydrogen) atoms. The minimum atomic E-state index is -0.537. The van der Waals surface area contributed by atoms with Crippen molar-refractivity contribution in [1.82, 2.24) is 28.9 Å². The van der Waals surface area contributed by atoms with Gasteiger partial charge in [0, 0.05) is 18.0 Å². The quantitative estimate of drug-likeness (QED) is 0.505. The number of imidazole rings is 1. The van der Waals surface area contributed by atoms with Crippen LogP contribution in [0.3, 0.4) is 0 Å². The molecule has 0 aliphatic heterocycles. The van der Waals surface area contributed by atoms with E-state index >= 15 is 0 Å². The molecule has 3 aromatic heterocycles. The minimum Gasteiger partial charge on any atom is -0.390 e. The third-order valence-corrected chi connectivity index (χ3v) is 5.59. The largest absolute Gasteiger partial charge is 0.437 e. The standard InChI is InChI=1S/C19H17ClN6O3/c1-24-9-21-17-16(24)18(27)25(10-22-17)8-15-23-26(19(28)29-15)7-12-3-2-11-6-13(20)4-5-14(11)12/h4-6,9-10,12H,2-3,7-8H2,1H3. The van der Waals surface area contributed by atoms with Crippen molar-refractivity contribution in [3.8, 4) is 0 Å². The molecular formula is C19H17ClN6O3. The van der Waals surface area contributed by atoms with Crippen molar-refractivity contribution in [3.63, 3.8) is 0 Å². The molecule has 0 spiro atoms. The highest BCUT2D eigenvalue weighted by molar-refractivity contribution is 6.30. The average molecular weight is 413 g/mol. The van der Waals surface area contributed by atoms with Crippen molar-refractivity contribution < 1.29 is 4.42 Å². The van der Waals surface area contributed by atoms with Crippen LogP contribution in [0.2, 0.25) is 5.02 Å². The third kappa shape index (κ3) is 3.07. The van der Waals surface area contributed by atoms with Crippen LogP contribution in [0.25, 0.3) is 11.2 Å². The third-order valence-electron chi connectivity index (χ3n) is 5.35. The fourth-order valence-corrected chi connectivity index (χ4v) is 4.13. The van der Waals surface area contributed by atoms with E-state index in [2.05, 4.69) is 15.1 Å². The highest BCUT2D eigenvalue weighted by atomic mass is 35.5. The summed E-state index contributed by atoms with van der Waals surface area (Å²) in [5.74, 6) is -0.201. The maximum atomic E-state index is 12.6. The second kappa shape index (κ2) is 6.70. The lowest BCUT2D eigenvalue weighted by Crippen LogP contribution is -2.23. The Morgan fingerprint density at radius 3 is 2.93 bits per heavy atom. The van der Waals surface area contributed by atoms with Gasteiger partial charge in [0.05, 0.1) is 12.9 Å². The zero-order chi connectivity index (χ0) is 20.1. The van der Waals surface area contributed by atoms with E-state index in [0.29, 0.717) is 17.7 Å². The normalized spacial score (nSPS) is 15.9. The highest BCUT2D eigenvalue weighted by Gasteiger charge is 2.25. The summed E-state index contributed by atoms with van der Waals surface area (Å²) in [6, 6.07) is 5.85. The molecule has 0 saturated carbocycles. The molecule has 0 radical (unpaired) electrons. The summed E-state index contributed by atoms with van der Waals surface area (Å²) in [6.07, 6.45) is 4.76. The molecule has 0 saturated heterocycles. The Morgan fingerprint density at radius 1 is 1.24 bits per heavy atom. The van der Waals surface area contributed by atoms with Gasteiger partial charge >= 0.3 is 5.76 Å². The Balaban J connectivity index is 1.41. The molecule has 0 bridgehead atoms. The molecule has 10 heteroatoms. The number of rotatable bonds is 4. The first kappa shape index (κ1) is 17.9. The van der Waals surface area contributed by atoms with Crippen LogP contribution in [0, 0.1) is 0 Å². The highest BCUT2D eigenvalue weighted by Crippen LogP contribution is 2.35. The van der Waals surface area contributed by atoms with Crippen molar-refractivity contribution in [2.75, 3.05) is 0 Å². The second-order valence-electron chi connectivity index (χ2n) is 7.23. The van der Waals surface area contributed by atoms with Gasteiger partial charge in [-0.25, -0.2) is 14.8 Å². The Labute approximate surface area is 169 Å². The number of nitrogens with zero attached hydrogens (tertiary/aromatic N) is 6. The first-order valence-corrected chi connectivity index (χ1v) is 9.59. The van der Waals surface area contributed by atoms with E-state index < -0.39 is 5.76 Å². The van der Waals surface area contributed by atoms with Crippen LogP contribution in [0.4, 0.5) is 0 Å². The summed E-state index contributed by atoms with van der Waals surface area (Å²) >= 11 is 6.07. The Hall–Kier alpha value is -3.20. The lowest BCUT2D eigenvalue weighted by atomic mass is 10.0. The van der Waals surface area contributed by atoms with Gasteiger partial charge in [0.1, 0.15) is 12.9 Å². The van der Waals surface area contributed by atoms with E-state index in [-0.39, 0.29) is 23.9 Å². The first-order chi connectivity index (χ1) is 14.0. The molecule has 4 aromatic rings. The lowest BCUT2D eigenvalue weighted by molar-refractivity contribution is 0.424. The van der Waals surface area contributed by atoms with E-state index in [4.69, 9.17) is 16.0 Å². The smallest absolute Gasteiger partial charge is 0.390 e. The second-order valence-corrected chi connectivity index (χ2v) is 7.66. The van der Waals surface area contributed by atoms with Crippen LogP contribution in [-0.2, 0) is 26.6 Å². The zero-order valence-electron chi connectivity index (χ0n) is 15.6. The Morgan fingerprint density at radius 2 is 2.07 bits per heavy atom. The molecule has 9 nitrogen and oxygen atoms in total. The van der Waals surface area contributed by atoms with E-state index in [1.54, 1.807) is 11.6 Å². The number of hydrogen-bond donors (Lipinski definition) is 0. The van der Waals surface area contributed by atoms with Crippen LogP contribution in [-0.4, -0.2) is 28.9 Å². The summed E-state index contributed by atoms with van der Waals surface area (Å²) in [7, 11) is 1.73. The summed E-state index contributed by atoms with van der Waals surface area (Å²) in [4.78, 5) is 33.2. The fraction of sp³-hybridized carbons (Fsp3) is 0.316. The van der Waals surface area contributed by atoms with Gasteiger partial charge in [-0.1, -0.05) is 17.7 Å². The van der Waals surface area contributed by atoms with Crippen LogP contribution >= 0.6 is 11.6 Å². The van der Waals surface area contributed by atoms with E-state index in [1.165, 1.54) is 33.0 Å². The molecule has 1 unspecified atom stereocenters. The van der Waals surface area contributed by atoms with Gasteiger partial charge in [0.2, 0.25) is 5.89 Å². The Bertz CT molecular complexity index is 1350. The van der Waals surface area contributed by atoms with E-state index in [0.717, 1.165) is 17.9 Å². The number of halogens is 1. The number of hydrogen-bond acceptors (Lipinski definition) is 6. The van der Waals surface area contributed by atoms with Gasteiger partial charge in [-0.3, -0.25) is 9.36 Å². The number of aromatic nitrogens is 6. The summed E-state index contributed by atoms with van der Waals surface area (Å²) in [5, 5.41) is 5.01. The molecule has 0 N–H and O–H groups in total. The SMILES string of the molecule is Cn1cnc2ncn(Cc3nn(CC4CCc5cc(Cl)ccc54)c(=O)o3)c(=O)c21. The Kier molecular flexibility index (Phi) is 4.13. The van der Waals surface area contributed by atoms with Crippen LogP contribution < -0.4 is 11.3 Å². The van der Waals surface area contributed by atoms with Gasteiger partial charge in [-0.15, -0.1) is 5.10 Å². The van der Waals surface area contributed by atoms with Crippen molar-refractivity contribution in [3.05, 3.63) is 73.8 Å². The summed E-state index contributed by atoms with van der Waals surface area (Å²) in [6.45, 7) is 0.441. The topological polar surface area (TPSA) is 101 Å². The first-order valence-electron chi connectivity index (χ1n) is 9.21. The molecule has 3 heterocycles. The molecule has 148 valence electrons. The number of aryl methyl sites for hydroxylation is 2. The minimum absolute atomic E-state index is 0.0199. The van der Waals surface area contributed by atoms with Crippen LogP contribution in [0.5, 0.6) is 0 Å². The molecular weight excluding hydrogens is 396 g/mol. The van der Waals surface area contributed by atoms with Gasteiger partial charge < -0.3 is 8.98 Å². The van der Waals surface area contributed by atoms with Gasteiger partial charge in [0.25, 0.3) is 5.56 Å².